The highest BCUT2D eigenvalue weighted by Gasteiger charge is 2.46. The second-order valence-electron chi connectivity index (χ2n) is 8.72. The molecule has 35 heavy (non-hydrogen) atoms. The summed E-state index contributed by atoms with van der Waals surface area (Å²) in [4.78, 5) is 38.6. The molecule has 1 amide bonds. The number of rotatable bonds is 5. The molecule has 1 fully saturated rings. The molecule has 8 nitrogen and oxygen atoms in total. The van der Waals surface area contributed by atoms with Gasteiger partial charge in [0.1, 0.15) is 17.6 Å². The number of hydrogen-bond acceptors (Lipinski definition) is 6. The number of amides is 1. The molecule has 1 N–H and O–H groups in total. The molecule has 2 aliphatic rings. The quantitative estimate of drug-likeness (QED) is 0.193. The highest BCUT2D eigenvalue weighted by Crippen LogP contribution is 2.42. The third-order valence-electron chi connectivity index (χ3n) is 6.30. The summed E-state index contributed by atoms with van der Waals surface area (Å²) in [5.41, 5.74) is 2.17. The van der Waals surface area contributed by atoms with Crippen LogP contribution >= 0.6 is 0 Å². The van der Waals surface area contributed by atoms with Gasteiger partial charge >= 0.3 is 0 Å². The smallest absolute Gasteiger partial charge is 0.295 e. The van der Waals surface area contributed by atoms with Crippen molar-refractivity contribution in [2.24, 2.45) is 0 Å². The van der Waals surface area contributed by atoms with E-state index in [4.69, 9.17) is 4.74 Å². The number of aliphatic hydroxyl groups excluding tert-OH is 1. The summed E-state index contributed by atoms with van der Waals surface area (Å²) in [7, 11) is 0. The minimum absolute atomic E-state index is 0.00344. The van der Waals surface area contributed by atoms with Gasteiger partial charge in [-0.25, -0.2) is 0 Å². The Morgan fingerprint density at radius 2 is 1.86 bits per heavy atom. The van der Waals surface area contributed by atoms with Crippen LogP contribution in [0.2, 0.25) is 0 Å². The molecule has 3 aromatic rings. The fourth-order valence-electron chi connectivity index (χ4n) is 4.70. The lowest BCUT2D eigenvalue weighted by Crippen LogP contribution is -2.29. The molecule has 0 saturated carbocycles. The summed E-state index contributed by atoms with van der Waals surface area (Å²) < 4.78 is 5.72. The number of nitro benzene ring substituents is 1. The van der Waals surface area contributed by atoms with Gasteiger partial charge in [-0.2, -0.15) is 0 Å². The number of benzene rings is 3. The van der Waals surface area contributed by atoms with Crippen LogP contribution in [0.3, 0.4) is 0 Å². The SMILES string of the molecule is C[C@@H]1Cc2cc(/C(O)=C3\C(=O)C(=O)N(Cc4ccccc4)[C@H]3c3cccc([N+](=O)[O-])c3)ccc2O1. The number of Topliss-reactive ketones (excluding diaryl/α,β-unsaturated/α-hetero) is 1. The van der Waals surface area contributed by atoms with Crippen LogP contribution in [-0.4, -0.2) is 32.7 Å². The molecule has 0 radical (unpaired) electrons. The Hall–Kier alpha value is -4.46. The number of likely N-dealkylation sites (tertiary alicyclic amines) is 1. The minimum atomic E-state index is -0.987. The Kier molecular flexibility index (Phi) is 5.56. The van der Waals surface area contributed by atoms with Crippen molar-refractivity contribution in [3.8, 4) is 5.75 Å². The van der Waals surface area contributed by atoms with E-state index in [0.29, 0.717) is 23.3 Å². The van der Waals surface area contributed by atoms with E-state index in [9.17, 15) is 24.8 Å². The van der Waals surface area contributed by atoms with Crippen molar-refractivity contribution < 1.29 is 24.4 Å². The van der Waals surface area contributed by atoms with E-state index in [2.05, 4.69) is 0 Å². The number of fused-ring (bicyclic) bond motifs is 1. The van der Waals surface area contributed by atoms with E-state index in [1.807, 2.05) is 37.3 Å². The molecule has 0 unspecified atom stereocenters. The number of aliphatic hydroxyl groups is 1. The maximum absolute atomic E-state index is 13.2. The van der Waals surface area contributed by atoms with Gasteiger partial charge in [0.2, 0.25) is 0 Å². The molecular weight excluding hydrogens is 448 g/mol. The van der Waals surface area contributed by atoms with E-state index in [1.165, 1.54) is 23.1 Å². The number of ketones is 1. The maximum Gasteiger partial charge on any atom is 0.295 e. The molecule has 0 aliphatic carbocycles. The van der Waals surface area contributed by atoms with Crippen molar-refractivity contribution in [1.82, 2.24) is 4.90 Å². The number of nitrogens with zero attached hydrogens (tertiary/aromatic N) is 2. The average Bonchev–Trinajstić information content (AvgIpc) is 3.35. The average molecular weight is 470 g/mol. The van der Waals surface area contributed by atoms with Gasteiger partial charge in [0, 0.05) is 30.7 Å². The third-order valence-corrected chi connectivity index (χ3v) is 6.30. The monoisotopic (exact) mass is 470 g/mol. The zero-order valence-electron chi connectivity index (χ0n) is 18.9. The molecular formula is C27H22N2O6. The number of non-ortho nitro benzene ring substituents is 1. The molecule has 2 aliphatic heterocycles. The second kappa shape index (κ2) is 8.72. The lowest BCUT2D eigenvalue weighted by atomic mass is 9.94. The van der Waals surface area contributed by atoms with E-state index in [1.54, 1.807) is 24.3 Å². The summed E-state index contributed by atoms with van der Waals surface area (Å²) in [5.74, 6) is -1.21. The van der Waals surface area contributed by atoms with Crippen LogP contribution in [0, 0.1) is 10.1 Å². The standard InChI is InChI=1S/C27H22N2O6/c1-16-12-20-13-19(10-11-22(20)35-16)25(30)23-24(18-8-5-9-21(14-18)29(33)34)28(27(32)26(23)31)15-17-6-3-2-4-7-17/h2-11,13-14,16,24,30H,12,15H2,1H3/b25-23+/t16-,24+/m1/s1. The molecule has 5 rings (SSSR count). The van der Waals surface area contributed by atoms with Gasteiger partial charge in [-0.1, -0.05) is 42.5 Å². The van der Waals surface area contributed by atoms with E-state index < -0.39 is 22.7 Å². The second-order valence-corrected chi connectivity index (χ2v) is 8.72. The lowest BCUT2D eigenvalue weighted by molar-refractivity contribution is -0.384. The number of hydrogen-bond donors (Lipinski definition) is 1. The summed E-state index contributed by atoms with van der Waals surface area (Å²) in [5, 5.41) is 22.7. The van der Waals surface area contributed by atoms with Crippen molar-refractivity contribution in [2.45, 2.75) is 32.0 Å². The van der Waals surface area contributed by atoms with Gasteiger partial charge in [-0.3, -0.25) is 19.7 Å². The number of carbonyl (C=O) groups excluding carboxylic acids is 2. The predicted octanol–water partition coefficient (Wildman–Crippen LogP) is 4.54. The van der Waals surface area contributed by atoms with Gasteiger partial charge in [-0.05, 0) is 41.8 Å². The highest BCUT2D eigenvalue weighted by molar-refractivity contribution is 6.46. The summed E-state index contributed by atoms with van der Waals surface area (Å²) in [6.45, 7) is 2.04. The van der Waals surface area contributed by atoms with Gasteiger partial charge < -0.3 is 14.7 Å². The Morgan fingerprint density at radius 3 is 2.60 bits per heavy atom. The lowest BCUT2D eigenvalue weighted by Gasteiger charge is -2.25. The van der Waals surface area contributed by atoms with Crippen LogP contribution in [0.5, 0.6) is 5.75 Å². The first-order valence-corrected chi connectivity index (χ1v) is 11.2. The Bertz CT molecular complexity index is 1380. The molecule has 0 bridgehead atoms. The Morgan fingerprint density at radius 1 is 1.09 bits per heavy atom. The topological polar surface area (TPSA) is 110 Å². The summed E-state index contributed by atoms with van der Waals surface area (Å²) >= 11 is 0. The number of nitro groups is 1. The van der Waals surface area contributed by atoms with Crippen molar-refractivity contribution in [3.05, 3.63) is 111 Å². The van der Waals surface area contributed by atoms with Gasteiger partial charge in [0.25, 0.3) is 17.4 Å². The predicted molar refractivity (Wildman–Crippen MR) is 128 cm³/mol. The highest BCUT2D eigenvalue weighted by atomic mass is 16.6. The van der Waals surface area contributed by atoms with Crippen molar-refractivity contribution >= 4 is 23.1 Å². The fourth-order valence-corrected chi connectivity index (χ4v) is 4.70. The van der Waals surface area contributed by atoms with Gasteiger partial charge in [-0.15, -0.1) is 0 Å². The Balaban J connectivity index is 1.65. The number of carbonyl (C=O) groups is 2. The van der Waals surface area contributed by atoms with Crippen molar-refractivity contribution in [1.29, 1.82) is 0 Å². The third kappa shape index (κ3) is 4.03. The summed E-state index contributed by atoms with van der Waals surface area (Å²) in [6, 6.07) is 19.1. The first kappa shape index (κ1) is 22.3. The van der Waals surface area contributed by atoms with Crippen LogP contribution in [0.1, 0.15) is 35.2 Å². The maximum atomic E-state index is 13.2. The van der Waals surface area contributed by atoms with Crippen LogP contribution in [0.15, 0.2) is 78.4 Å². The Labute approximate surface area is 201 Å². The largest absolute Gasteiger partial charge is 0.507 e. The molecule has 3 aromatic carbocycles. The van der Waals surface area contributed by atoms with E-state index in [0.717, 1.165) is 11.1 Å². The molecule has 0 spiro atoms. The molecule has 8 heteroatoms. The van der Waals surface area contributed by atoms with Crippen LogP contribution < -0.4 is 4.74 Å². The van der Waals surface area contributed by atoms with E-state index in [-0.39, 0.29) is 29.7 Å². The van der Waals surface area contributed by atoms with Crippen molar-refractivity contribution in [3.63, 3.8) is 0 Å². The summed E-state index contributed by atoms with van der Waals surface area (Å²) in [6.07, 6.45) is 0.663. The zero-order valence-corrected chi connectivity index (χ0v) is 18.9. The van der Waals surface area contributed by atoms with Gasteiger partial charge in [0.05, 0.1) is 16.5 Å². The normalized spacial score (nSPS) is 20.5. The molecule has 2 heterocycles. The van der Waals surface area contributed by atoms with Crippen LogP contribution in [0.25, 0.3) is 5.76 Å². The number of ether oxygens (including phenoxy) is 1. The first-order valence-electron chi connectivity index (χ1n) is 11.2. The molecule has 0 aromatic heterocycles. The fraction of sp³-hybridized carbons (Fsp3) is 0.185. The minimum Gasteiger partial charge on any atom is -0.507 e. The molecule has 1 saturated heterocycles. The molecule has 2 atom stereocenters. The first-order chi connectivity index (χ1) is 16.8. The zero-order chi connectivity index (χ0) is 24.7. The molecule has 176 valence electrons. The van der Waals surface area contributed by atoms with Crippen LogP contribution in [0.4, 0.5) is 5.69 Å². The van der Waals surface area contributed by atoms with Crippen molar-refractivity contribution in [2.75, 3.05) is 0 Å². The van der Waals surface area contributed by atoms with Gasteiger partial charge in [0.15, 0.2) is 0 Å². The van der Waals surface area contributed by atoms with E-state index >= 15 is 0 Å². The van der Waals surface area contributed by atoms with Crippen LogP contribution in [-0.2, 0) is 22.6 Å².